The van der Waals surface area contributed by atoms with Gasteiger partial charge in [-0.3, -0.25) is 9.59 Å². The van der Waals surface area contributed by atoms with Gasteiger partial charge >= 0.3 is 5.97 Å². The van der Waals surface area contributed by atoms with Crippen LogP contribution >= 0.6 is 0 Å². The van der Waals surface area contributed by atoms with Crippen LogP contribution in [-0.4, -0.2) is 31.4 Å². The van der Waals surface area contributed by atoms with E-state index in [1.54, 1.807) is 36.4 Å². The van der Waals surface area contributed by atoms with Gasteiger partial charge in [0.2, 0.25) is 5.91 Å². The number of hydrogen-bond acceptors (Lipinski definition) is 5. The molecular weight excluding hydrogens is 310 g/mol. The number of ether oxygens (including phenoxy) is 2. The van der Waals surface area contributed by atoms with E-state index in [-0.39, 0.29) is 18.3 Å². The SMILES string of the molecule is COc1ccc(C(=O)COC(=O)c2ccc(NC(C)=O)cc2)cc1. The first kappa shape index (κ1) is 17.2. The standard InChI is InChI=1S/C18H17NO5/c1-12(20)19-15-7-3-14(4-8-15)18(22)24-11-17(21)13-5-9-16(23-2)10-6-13/h3-10H,11H2,1-2H3,(H,19,20). The molecule has 0 fully saturated rings. The van der Waals surface area contributed by atoms with Crippen LogP contribution in [0.15, 0.2) is 48.5 Å². The Balaban J connectivity index is 1.91. The zero-order valence-corrected chi connectivity index (χ0v) is 13.4. The molecule has 0 saturated carbocycles. The largest absolute Gasteiger partial charge is 0.497 e. The molecule has 6 nitrogen and oxygen atoms in total. The minimum absolute atomic E-state index is 0.199. The second-order valence-electron chi connectivity index (χ2n) is 4.99. The Morgan fingerprint density at radius 2 is 1.50 bits per heavy atom. The lowest BCUT2D eigenvalue weighted by atomic mass is 10.1. The minimum Gasteiger partial charge on any atom is -0.497 e. The minimum atomic E-state index is -0.605. The average Bonchev–Trinajstić information content (AvgIpc) is 2.59. The number of esters is 1. The maximum absolute atomic E-state index is 12.0. The molecule has 124 valence electrons. The summed E-state index contributed by atoms with van der Waals surface area (Å²) in [4.78, 5) is 34.9. The normalized spacial score (nSPS) is 9.92. The van der Waals surface area contributed by atoms with E-state index in [1.165, 1.54) is 26.2 Å². The molecule has 0 saturated heterocycles. The third kappa shape index (κ3) is 4.67. The van der Waals surface area contributed by atoms with Crippen molar-refractivity contribution in [1.29, 1.82) is 0 Å². The molecule has 24 heavy (non-hydrogen) atoms. The molecule has 0 bridgehead atoms. The van der Waals surface area contributed by atoms with Gasteiger partial charge in [0.25, 0.3) is 0 Å². The maximum atomic E-state index is 12.0. The molecule has 0 unspecified atom stereocenters. The smallest absolute Gasteiger partial charge is 0.338 e. The summed E-state index contributed by atoms with van der Waals surface area (Å²) >= 11 is 0. The van der Waals surface area contributed by atoms with Crippen molar-refractivity contribution < 1.29 is 23.9 Å². The van der Waals surface area contributed by atoms with Crippen LogP contribution in [-0.2, 0) is 9.53 Å². The zero-order valence-electron chi connectivity index (χ0n) is 13.4. The van der Waals surface area contributed by atoms with Gasteiger partial charge in [0.15, 0.2) is 12.4 Å². The lowest BCUT2D eigenvalue weighted by Gasteiger charge is -2.06. The molecule has 6 heteroatoms. The van der Waals surface area contributed by atoms with Crippen LogP contribution in [0.1, 0.15) is 27.6 Å². The van der Waals surface area contributed by atoms with Gasteiger partial charge in [-0.05, 0) is 48.5 Å². The molecule has 0 atom stereocenters. The second-order valence-corrected chi connectivity index (χ2v) is 4.99. The summed E-state index contributed by atoms with van der Waals surface area (Å²) in [5, 5.41) is 2.60. The van der Waals surface area contributed by atoms with E-state index in [9.17, 15) is 14.4 Å². The van der Waals surface area contributed by atoms with Gasteiger partial charge in [0, 0.05) is 18.2 Å². The molecule has 0 spiro atoms. The lowest BCUT2D eigenvalue weighted by molar-refractivity contribution is -0.114. The fraction of sp³-hybridized carbons (Fsp3) is 0.167. The van der Waals surface area contributed by atoms with Crippen molar-refractivity contribution in [2.24, 2.45) is 0 Å². The number of anilines is 1. The molecular formula is C18H17NO5. The first-order valence-corrected chi connectivity index (χ1v) is 7.21. The molecule has 0 aliphatic carbocycles. The Hall–Kier alpha value is -3.15. The number of Topliss-reactive ketones (excluding diaryl/α,β-unsaturated/α-hetero) is 1. The number of nitrogens with one attached hydrogen (secondary N) is 1. The molecule has 0 aromatic heterocycles. The van der Waals surface area contributed by atoms with E-state index in [2.05, 4.69) is 5.32 Å². The third-order valence-corrected chi connectivity index (χ3v) is 3.19. The maximum Gasteiger partial charge on any atom is 0.338 e. The average molecular weight is 327 g/mol. The van der Waals surface area contributed by atoms with Crippen LogP contribution in [0.4, 0.5) is 5.69 Å². The highest BCUT2D eigenvalue weighted by Gasteiger charge is 2.12. The van der Waals surface area contributed by atoms with Gasteiger partial charge in [-0.15, -0.1) is 0 Å². The highest BCUT2D eigenvalue weighted by atomic mass is 16.5. The van der Waals surface area contributed by atoms with E-state index >= 15 is 0 Å². The van der Waals surface area contributed by atoms with Gasteiger partial charge in [-0.2, -0.15) is 0 Å². The first-order chi connectivity index (χ1) is 11.5. The number of hydrogen-bond donors (Lipinski definition) is 1. The second kappa shape index (κ2) is 7.92. The van der Waals surface area contributed by atoms with Crippen molar-refractivity contribution in [3.05, 3.63) is 59.7 Å². The van der Waals surface area contributed by atoms with Gasteiger partial charge in [0.1, 0.15) is 5.75 Å². The number of rotatable bonds is 6. The molecule has 0 aliphatic rings. The molecule has 0 aliphatic heterocycles. The number of carbonyl (C=O) groups is 3. The van der Waals surface area contributed by atoms with Crippen molar-refractivity contribution >= 4 is 23.3 Å². The van der Waals surface area contributed by atoms with Crippen molar-refractivity contribution in [2.75, 3.05) is 19.0 Å². The summed E-state index contributed by atoms with van der Waals surface area (Å²) in [5.41, 5.74) is 1.31. The lowest BCUT2D eigenvalue weighted by Crippen LogP contribution is -2.14. The molecule has 2 aromatic rings. The molecule has 2 aromatic carbocycles. The van der Waals surface area contributed by atoms with Crippen molar-refractivity contribution in [2.45, 2.75) is 6.92 Å². The summed E-state index contributed by atoms with van der Waals surface area (Å²) in [7, 11) is 1.54. The van der Waals surface area contributed by atoms with E-state index in [4.69, 9.17) is 9.47 Å². The first-order valence-electron chi connectivity index (χ1n) is 7.21. The highest BCUT2D eigenvalue weighted by molar-refractivity contribution is 5.99. The molecule has 0 heterocycles. The van der Waals surface area contributed by atoms with Crippen LogP contribution < -0.4 is 10.1 Å². The van der Waals surface area contributed by atoms with E-state index < -0.39 is 5.97 Å². The Bertz CT molecular complexity index is 735. The van der Waals surface area contributed by atoms with Crippen LogP contribution in [0.3, 0.4) is 0 Å². The molecule has 1 N–H and O–H groups in total. The highest BCUT2D eigenvalue weighted by Crippen LogP contribution is 2.13. The van der Waals surface area contributed by atoms with Crippen LogP contribution in [0, 0.1) is 0 Å². The number of amides is 1. The van der Waals surface area contributed by atoms with Crippen LogP contribution in [0.2, 0.25) is 0 Å². The van der Waals surface area contributed by atoms with E-state index in [0.717, 1.165) is 0 Å². The van der Waals surface area contributed by atoms with Gasteiger partial charge in [-0.1, -0.05) is 0 Å². The van der Waals surface area contributed by atoms with Gasteiger partial charge < -0.3 is 14.8 Å². The Morgan fingerprint density at radius 3 is 2.04 bits per heavy atom. The van der Waals surface area contributed by atoms with Crippen molar-refractivity contribution in [1.82, 2.24) is 0 Å². The van der Waals surface area contributed by atoms with Crippen LogP contribution in [0.5, 0.6) is 5.75 Å². The Kier molecular flexibility index (Phi) is 5.68. The summed E-state index contributed by atoms with van der Waals surface area (Å²) in [6.45, 7) is 1.05. The fourth-order valence-corrected chi connectivity index (χ4v) is 1.97. The number of ketones is 1. The third-order valence-electron chi connectivity index (χ3n) is 3.19. The molecule has 0 radical (unpaired) electrons. The van der Waals surface area contributed by atoms with Crippen LogP contribution in [0.25, 0.3) is 0 Å². The number of carbonyl (C=O) groups excluding carboxylic acids is 3. The predicted octanol–water partition coefficient (Wildman–Crippen LogP) is 2.69. The molecule has 2 rings (SSSR count). The number of methoxy groups -OCH3 is 1. The van der Waals surface area contributed by atoms with E-state index in [1.807, 2.05) is 0 Å². The zero-order chi connectivity index (χ0) is 17.5. The fourth-order valence-electron chi connectivity index (χ4n) is 1.97. The summed E-state index contributed by atoms with van der Waals surface area (Å²) < 4.78 is 10.0. The topological polar surface area (TPSA) is 81.7 Å². The summed E-state index contributed by atoms with van der Waals surface area (Å²) in [6.07, 6.45) is 0. The Labute approximate surface area is 139 Å². The van der Waals surface area contributed by atoms with Crippen molar-refractivity contribution in [3.8, 4) is 5.75 Å². The van der Waals surface area contributed by atoms with E-state index in [0.29, 0.717) is 22.6 Å². The molecule has 1 amide bonds. The van der Waals surface area contributed by atoms with Gasteiger partial charge in [0.05, 0.1) is 12.7 Å². The monoisotopic (exact) mass is 327 g/mol. The number of benzene rings is 2. The summed E-state index contributed by atoms with van der Waals surface area (Å²) in [5.74, 6) is -0.467. The Morgan fingerprint density at radius 1 is 0.917 bits per heavy atom. The quantitative estimate of drug-likeness (QED) is 0.651. The summed E-state index contributed by atoms with van der Waals surface area (Å²) in [6, 6.07) is 12.8. The predicted molar refractivity (Wildman–Crippen MR) is 88.4 cm³/mol. The van der Waals surface area contributed by atoms with Gasteiger partial charge in [-0.25, -0.2) is 4.79 Å². The van der Waals surface area contributed by atoms with Crippen molar-refractivity contribution in [3.63, 3.8) is 0 Å².